The Kier molecular flexibility index (Phi) is 4.80. The lowest BCUT2D eigenvalue weighted by atomic mass is 10.2. The second kappa shape index (κ2) is 6.58. The quantitative estimate of drug-likeness (QED) is 0.885. The van der Waals surface area contributed by atoms with Gasteiger partial charge >= 0.3 is 5.97 Å². The van der Waals surface area contributed by atoms with Gasteiger partial charge in [0.2, 0.25) is 0 Å². The van der Waals surface area contributed by atoms with Crippen molar-refractivity contribution < 1.29 is 23.8 Å². The lowest BCUT2D eigenvalue weighted by Gasteiger charge is -2.11. The Bertz CT molecular complexity index is 673. The molecule has 0 bridgehead atoms. The molecule has 0 amide bonds. The molecule has 2 aromatic carbocycles. The van der Waals surface area contributed by atoms with Crippen LogP contribution in [0.1, 0.15) is 15.9 Å². The normalized spacial score (nSPS) is 10.2. The van der Waals surface area contributed by atoms with E-state index < -0.39 is 11.8 Å². The molecule has 6 heteroatoms. The van der Waals surface area contributed by atoms with Gasteiger partial charge in [-0.3, -0.25) is 0 Å². The Labute approximate surface area is 129 Å². The number of aromatic carboxylic acids is 1. The summed E-state index contributed by atoms with van der Waals surface area (Å²) in [5, 5.41) is 9.16. The van der Waals surface area contributed by atoms with Crippen LogP contribution in [0.3, 0.4) is 0 Å². The van der Waals surface area contributed by atoms with Crippen LogP contribution in [0.15, 0.2) is 40.9 Å². The number of hydrogen-bond acceptors (Lipinski definition) is 3. The second-order valence-corrected chi connectivity index (χ2v) is 5.11. The summed E-state index contributed by atoms with van der Waals surface area (Å²) >= 11 is 3.25. The van der Waals surface area contributed by atoms with E-state index in [1.807, 2.05) is 0 Å². The number of carboxylic acids is 1. The van der Waals surface area contributed by atoms with Crippen LogP contribution >= 0.6 is 15.9 Å². The van der Waals surface area contributed by atoms with Crippen LogP contribution in [0.2, 0.25) is 0 Å². The predicted molar refractivity (Wildman–Crippen MR) is 78.4 cm³/mol. The molecular formula is C15H12BrFO4. The van der Waals surface area contributed by atoms with Gasteiger partial charge in [0.25, 0.3) is 0 Å². The highest BCUT2D eigenvalue weighted by molar-refractivity contribution is 9.10. The first-order valence-electron chi connectivity index (χ1n) is 5.99. The summed E-state index contributed by atoms with van der Waals surface area (Å²) in [7, 11) is 1.44. The maximum Gasteiger partial charge on any atom is 0.339 e. The fourth-order valence-electron chi connectivity index (χ4n) is 1.74. The molecule has 0 heterocycles. The van der Waals surface area contributed by atoms with Gasteiger partial charge in [0.1, 0.15) is 29.5 Å². The standard InChI is InChI=1S/C15H12BrFO4/c1-20-11-3-5-14(12(7-11)15(18)19)21-8-9-6-10(16)2-4-13(9)17/h2-7H,8H2,1H3,(H,18,19). The fraction of sp³-hybridized carbons (Fsp3) is 0.133. The number of ether oxygens (including phenoxy) is 2. The van der Waals surface area contributed by atoms with Crippen molar-refractivity contribution in [2.24, 2.45) is 0 Å². The largest absolute Gasteiger partial charge is 0.497 e. The molecule has 2 rings (SSSR count). The average molecular weight is 355 g/mol. The van der Waals surface area contributed by atoms with E-state index in [4.69, 9.17) is 14.6 Å². The SMILES string of the molecule is COc1ccc(OCc2cc(Br)ccc2F)c(C(=O)O)c1. The number of rotatable bonds is 5. The maximum atomic E-state index is 13.6. The van der Waals surface area contributed by atoms with Crippen LogP contribution in [-0.4, -0.2) is 18.2 Å². The Morgan fingerprint density at radius 1 is 1.29 bits per heavy atom. The second-order valence-electron chi connectivity index (χ2n) is 4.19. The van der Waals surface area contributed by atoms with Crippen LogP contribution in [0.25, 0.3) is 0 Å². The van der Waals surface area contributed by atoms with Crippen LogP contribution in [0, 0.1) is 5.82 Å². The van der Waals surface area contributed by atoms with Crippen molar-refractivity contribution in [3.8, 4) is 11.5 Å². The smallest absolute Gasteiger partial charge is 0.339 e. The molecule has 0 saturated carbocycles. The number of carboxylic acid groups (broad SMARTS) is 1. The Morgan fingerprint density at radius 3 is 2.71 bits per heavy atom. The van der Waals surface area contributed by atoms with Gasteiger partial charge in [-0.15, -0.1) is 0 Å². The van der Waals surface area contributed by atoms with E-state index in [-0.39, 0.29) is 17.9 Å². The Morgan fingerprint density at radius 2 is 2.05 bits per heavy atom. The number of carbonyl (C=O) groups is 1. The highest BCUT2D eigenvalue weighted by Gasteiger charge is 2.14. The zero-order valence-electron chi connectivity index (χ0n) is 11.1. The highest BCUT2D eigenvalue weighted by atomic mass is 79.9. The average Bonchev–Trinajstić information content (AvgIpc) is 2.48. The number of benzene rings is 2. The van der Waals surface area contributed by atoms with E-state index in [1.165, 1.54) is 25.3 Å². The van der Waals surface area contributed by atoms with Gasteiger partial charge in [-0.2, -0.15) is 0 Å². The lowest BCUT2D eigenvalue weighted by Crippen LogP contribution is -2.05. The summed E-state index contributed by atoms with van der Waals surface area (Å²) < 4.78 is 24.7. The van der Waals surface area contributed by atoms with Gasteiger partial charge in [-0.05, 0) is 36.4 Å². The molecule has 0 aromatic heterocycles. The molecular weight excluding hydrogens is 343 g/mol. The van der Waals surface area contributed by atoms with Crippen molar-refractivity contribution in [3.05, 3.63) is 57.8 Å². The van der Waals surface area contributed by atoms with E-state index in [9.17, 15) is 9.18 Å². The van der Waals surface area contributed by atoms with Crippen molar-refractivity contribution in [1.29, 1.82) is 0 Å². The van der Waals surface area contributed by atoms with E-state index in [2.05, 4.69) is 15.9 Å². The van der Waals surface area contributed by atoms with Gasteiger partial charge in [0.15, 0.2) is 0 Å². The topological polar surface area (TPSA) is 55.8 Å². The molecule has 2 aromatic rings. The summed E-state index contributed by atoms with van der Waals surface area (Å²) in [4.78, 5) is 11.2. The molecule has 4 nitrogen and oxygen atoms in total. The van der Waals surface area contributed by atoms with E-state index in [1.54, 1.807) is 18.2 Å². The van der Waals surface area contributed by atoms with Crippen LogP contribution in [0.5, 0.6) is 11.5 Å². The molecule has 0 aliphatic carbocycles. The maximum absolute atomic E-state index is 13.6. The molecule has 0 atom stereocenters. The van der Waals surface area contributed by atoms with Gasteiger partial charge in [0, 0.05) is 10.0 Å². The molecule has 0 aliphatic rings. The number of methoxy groups -OCH3 is 1. The van der Waals surface area contributed by atoms with Gasteiger partial charge in [0.05, 0.1) is 7.11 Å². The number of hydrogen-bond donors (Lipinski definition) is 1. The van der Waals surface area contributed by atoms with Crippen molar-refractivity contribution >= 4 is 21.9 Å². The summed E-state index contributed by atoms with van der Waals surface area (Å²) in [5.74, 6) is -0.988. The molecule has 1 N–H and O–H groups in total. The summed E-state index contributed by atoms with van der Waals surface area (Å²) in [6.07, 6.45) is 0. The van der Waals surface area contributed by atoms with Gasteiger partial charge in [-0.25, -0.2) is 9.18 Å². The van der Waals surface area contributed by atoms with Crippen molar-refractivity contribution in [2.45, 2.75) is 6.61 Å². The zero-order chi connectivity index (χ0) is 15.4. The van der Waals surface area contributed by atoms with Crippen molar-refractivity contribution in [1.82, 2.24) is 0 Å². The van der Waals surface area contributed by atoms with Crippen molar-refractivity contribution in [3.63, 3.8) is 0 Å². The van der Waals surface area contributed by atoms with E-state index in [0.717, 1.165) is 4.47 Å². The highest BCUT2D eigenvalue weighted by Crippen LogP contribution is 2.26. The molecule has 110 valence electrons. The molecule has 0 unspecified atom stereocenters. The van der Waals surface area contributed by atoms with E-state index in [0.29, 0.717) is 11.3 Å². The third-order valence-corrected chi connectivity index (χ3v) is 3.30. The minimum absolute atomic E-state index is 0.0373. The van der Waals surface area contributed by atoms with Gasteiger partial charge in [-0.1, -0.05) is 15.9 Å². The minimum atomic E-state index is -1.14. The van der Waals surface area contributed by atoms with E-state index >= 15 is 0 Å². The summed E-state index contributed by atoms with van der Waals surface area (Å²) in [6.45, 7) is -0.0715. The van der Waals surface area contributed by atoms with Crippen LogP contribution < -0.4 is 9.47 Å². The first kappa shape index (κ1) is 15.3. The third-order valence-electron chi connectivity index (χ3n) is 2.81. The summed E-state index contributed by atoms with van der Waals surface area (Å²) in [6, 6.07) is 8.90. The van der Waals surface area contributed by atoms with Crippen LogP contribution in [0.4, 0.5) is 4.39 Å². The Balaban J connectivity index is 2.23. The molecule has 0 spiro atoms. The first-order chi connectivity index (χ1) is 10.0. The van der Waals surface area contributed by atoms with Gasteiger partial charge < -0.3 is 14.6 Å². The molecule has 0 saturated heterocycles. The molecule has 0 aliphatic heterocycles. The van der Waals surface area contributed by atoms with Crippen molar-refractivity contribution in [2.75, 3.05) is 7.11 Å². The first-order valence-corrected chi connectivity index (χ1v) is 6.78. The zero-order valence-corrected chi connectivity index (χ0v) is 12.7. The molecule has 0 fully saturated rings. The monoisotopic (exact) mass is 354 g/mol. The lowest BCUT2D eigenvalue weighted by molar-refractivity contribution is 0.0691. The minimum Gasteiger partial charge on any atom is -0.497 e. The van der Waals surface area contributed by atoms with Crippen LogP contribution in [-0.2, 0) is 6.61 Å². The summed E-state index contributed by atoms with van der Waals surface area (Å²) in [5.41, 5.74) is 0.293. The Hall–Kier alpha value is -2.08. The third kappa shape index (κ3) is 3.72. The molecule has 0 radical (unpaired) electrons. The molecule has 21 heavy (non-hydrogen) atoms. The number of halogens is 2. The fourth-order valence-corrected chi connectivity index (χ4v) is 2.15. The predicted octanol–water partition coefficient (Wildman–Crippen LogP) is 3.87.